The van der Waals surface area contributed by atoms with Gasteiger partial charge in [0.2, 0.25) is 0 Å². The van der Waals surface area contributed by atoms with Gasteiger partial charge >= 0.3 is 12.1 Å². The second-order valence-electron chi connectivity index (χ2n) is 7.02. The fourth-order valence-electron chi connectivity index (χ4n) is 3.50. The Morgan fingerprint density at radius 2 is 2.00 bits per heavy atom. The summed E-state index contributed by atoms with van der Waals surface area (Å²) in [4.78, 5) is 25.5. The van der Waals surface area contributed by atoms with E-state index in [4.69, 9.17) is 10.4 Å². The van der Waals surface area contributed by atoms with Crippen LogP contribution in [-0.2, 0) is 19.1 Å². The zero-order chi connectivity index (χ0) is 22.9. The van der Waals surface area contributed by atoms with Gasteiger partial charge in [-0.1, -0.05) is 0 Å². The molecule has 0 fully saturated rings. The lowest BCUT2D eigenvalue weighted by Crippen LogP contribution is -2.32. The molecule has 1 aliphatic heterocycles. The molecule has 4 rings (SSSR count). The summed E-state index contributed by atoms with van der Waals surface area (Å²) in [5, 5.41) is 21.1. The summed E-state index contributed by atoms with van der Waals surface area (Å²) < 4.78 is 40.0. The van der Waals surface area contributed by atoms with Crippen molar-refractivity contribution < 1.29 is 23.1 Å². The minimum Gasteiger partial charge on any atom is -0.478 e. The van der Waals surface area contributed by atoms with Gasteiger partial charge in [-0.15, -0.1) is 0 Å². The molecule has 0 saturated heterocycles. The van der Waals surface area contributed by atoms with E-state index < -0.39 is 23.3 Å². The number of nitriles is 1. The first-order valence-corrected chi connectivity index (χ1v) is 9.41. The number of aromatic carboxylic acids is 1. The predicted octanol–water partition coefficient (Wildman–Crippen LogP) is 3.77. The molecule has 32 heavy (non-hydrogen) atoms. The van der Waals surface area contributed by atoms with Gasteiger partial charge < -0.3 is 15.3 Å². The monoisotopic (exact) mass is 440 g/mol. The zero-order valence-corrected chi connectivity index (χ0v) is 16.4. The lowest BCUT2D eigenvalue weighted by Gasteiger charge is -2.31. The number of rotatable bonds is 4. The molecule has 0 amide bonds. The Morgan fingerprint density at radius 3 is 2.72 bits per heavy atom. The van der Waals surface area contributed by atoms with Crippen molar-refractivity contribution >= 4 is 23.3 Å². The molecule has 0 spiro atoms. The Labute approximate surface area is 180 Å². The van der Waals surface area contributed by atoms with Gasteiger partial charge in [0.25, 0.3) is 0 Å². The molecular formula is C21H15F3N6O2. The molecule has 1 aromatic carbocycles. The van der Waals surface area contributed by atoms with Gasteiger partial charge in [0.15, 0.2) is 0 Å². The highest BCUT2D eigenvalue weighted by Gasteiger charge is 2.34. The van der Waals surface area contributed by atoms with Crippen LogP contribution in [0.1, 0.15) is 32.7 Å². The smallest absolute Gasteiger partial charge is 0.417 e. The van der Waals surface area contributed by atoms with Crippen LogP contribution in [0, 0.1) is 11.3 Å². The minimum absolute atomic E-state index is 0.0675. The van der Waals surface area contributed by atoms with E-state index in [2.05, 4.69) is 20.3 Å². The van der Waals surface area contributed by atoms with E-state index in [9.17, 15) is 18.0 Å². The number of pyridine rings is 1. The summed E-state index contributed by atoms with van der Waals surface area (Å²) in [6.07, 6.45) is -1.50. The molecule has 0 bridgehead atoms. The van der Waals surface area contributed by atoms with Crippen LogP contribution in [0.2, 0.25) is 0 Å². The summed E-state index contributed by atoms with van der Waals surface area (Å²) in [5.74, 6) is -0.327. The predicted molar refractivity (Wildman–Crippen MR) is 107 cm³/mol. The molecule has 0 radical (unpaired) electrons. The molecule has 11 heteroatoms. The maximum Gasteiger partial charge on any atom is 0.417 e. The number of fused-ring (bicyclic) bond motifs is 1. The van der Waals surface area contributed by atoms with Crippen LogP contribution in [0.5, 0.6) is 0 Å². The van der Waals surface area contributed by atoms with Crippen molar-refractivity contribution in [1.29, 1.82) is 5.26 Å². The number of carbonyl (C=O) groups is 1. The van der Waals surface area contributed by atoms with Gasteiger partial charge in [-0.25, -0.2) is 19.7 Å². The molecule has 8 nitrogen and oxygen atoms in total. The zero-order valence-electron chi connectivity index (χ0n) is 16.4. The Balaban J connectivity index is 1.60. The second-order valence-corrected chi connectivity index (χ2v) is 7.02. The molecule has 2 aromatic heterocycles. The average Bonchev–Trinajstić information content (AvgIpc) is 2.78. The Kier molecular flexibility index (Phi) is 5.36. The highest BCUT2D eigenvalue weighted by molar-refractivity contribution is 5.88. The summed E-state index contributed by atoms with van der Waals surface area (Å²) in [6, 6.07) is 7.96. The first-order valence-electron chi connectivity index (χ1n) is 9.41. The lowest BCUT2D eigenvalue weighted by molar-refractivity contribution is -0.137. The summed E-state index contributed by atoms with van der Waals surface area (Å²) in [5.41, 5.74) is 0.405. The second kappa shape index (κ2) is 8.14. The molecule has 3 heterocycles. The normalized spacial score (nSPS) is 13.2. The van der Waals surface area contributed by atoms with Crippen molar-refractivity contribution in [3.05, 3.63) is 70.8 Å². The highest BCUT2D eigenvalue weighted by Crippen LogP contribution is 2.36. The minimum atomic E-state index is -4.63. The van der Waals surface area contributed by atoms with E-state index in [1.54, 1.807) is 11.0 Å². The number of carboxylic acid groups (broad SMARTS) is 1. The van der Waals surface area contributed by atoms with E-state index in [1.165, 1.54) is 36.8 Å². The Bertz CT molecular complexity index is 1240. The van der Waals surface area contributed by atoms with E-state index in [0.29, 0.717) is 36.0 Å². The van der Waals surface area contributed by atoms with Crippen molar-refractivity contribution in [2.75, 3.05) is 16.8 Å². The summed E-state index contributed by atoms with van der Waals surface area (Å²) >= 11 is 0. The topological polar surface area (TPSA) is 115 Å². The number of hydrogen-bond acceptors (Lipinski definition) is 7. The van der Waals surface area contributed by atoms with Crippen molar-refractivity contribution in [2.45, 2.75) is 19.1 Å². The molecule has 162 valence electrons. The summed E-state index contributed by atoms with van der Waals surface area (Å²) in [6.45, 7) is 0.652. The van der Waals surface area contributed by atoms with Gasteiger partial charge in [0.05, 0.1) is 35.0 Å². The van der Waals surface area contributed by atoms with Crippen molar-refractivity contribution in [3.63, 3.8) is 0 Å². The molecule has 0 atom stereocenters. The average molecular weight is 440 g/mol. The van der Waals surface area contributed by atoms with Crippen LogP contribution >= 0.6 is 0 Å². The van der Waals surface area contributed by atoms with Crippen LogP contribution < -0.4 is 10.2 Å². The quantitative estimate of drug-likeness (QED) is 0.630. The molecular weight excluding hydrogens is 425 g/mol. The van der Waals surface area contributed by atoms with Crippen LogP contribution in [0.15, 0.2) is 42.9 Å². The van der Waals surface area contributed by atoms with Crippen LogP contribution in [0.3, 0.4) is 0 Å². The standard InChI is InChI=1S/C21H15F3N6O2/c22-21(23,24)16-8-14(2-1-13(16)9-25)30-6-4-15-17(10-30)27-11-28-19(15)29-18-7-12(20(31)32)3-5-26-18/h1-3,5,7-8,11H,4,6,10H2,(H,31,32)(H,26,27,28,29). The third-order valence-electron chi connectivity index (χ3n) is 5.05. The maximum absolute atomic E-state index is 13.3. The van der Waals surface area contributed by atoms with Gasteiger partial charge in [-0.2, -0.15) is 18.4 Å². The number of anilines is 3. The highest BCUT2D eigenvalue weighted by atomic mass is 19.4. The fraction of sp³-hybridized carbons (Fsp3) is 0.190. The van der Waals surface area contributed by atoms with Crippen LogP contribution in [0.4, 0.5) is 30.5 Å². The van der Waals surface area contributed by atoms with Crippen LogP contribution in [0.25, 0.3) is 0 Å². The van der Waals surface area contributed by atoms with E-state index in [-0.39, 0.29) is 12.1 Å². The Hall–Kier alpha value is -4.20. The molecule has 0 aliphatic carbocycles. The first-order chi connectivity index (χ1) is 15.3. The number of halogens is 3. The van der Waals surface area contributed by atoms with Gasteiger partial charge in [-0.05, 0) is 36.8 Å². The first kappa shape index (κ1) is 21.0. The van der Waals surface area contributed by atoms with Crippen LogP contribution in [-0.4, -0.2) is 32.6 Å². The number of hydrogen-bond donors (Lipinski definition) is 2. The number of nitrogens with zero attached hydrogens (tertiary/aromatic N) is 5. The molecule has 2 N–H and O–H groups in total. The number of carboxylic acids is 1. The van der Waals surface area contributed by atoms with Crippen molar-refractivity contribution in [2.24, 2.45) is 0 Å². The van der Waals surface area contributed by atoms with Gasteiger partial charge in [0, 0.05) is 24.0 Å². The third-order valence-corrected chi connectivity index (χ3v) is 5.05. The molecule has 1 aliphatic rings. The number of benzene rings is 1. The summed E-state index contributed by atoms with van der Waals surface area (Å²) in [7, 11) is 0. The number of alkyl halides is 3. The number of nitrogens with one attached hydrogen (secondary N) is 1. The number of aromatic nitrogens is 3. The molecule has 0 unspecified atom stereocenters. The molecule has 0 saturated carbocycles. The largest absolute Gasteiger partial charge is 0.478 e. The SMILES string of the molecule is N#Cc1ccc(N2CCc3c(ncnc3Nc3cc(C(=O)O)ccn3)C2)cc1C(F)(F)F. The Morgan fingerprint density at radius 1 is 1.19 bits per heavy atom. The maximum atomic E-state index is 13.3. The molecule has 3 aromatic rings. The van der Waals surface area contributed by atoms with E-state index >= 15 is 0 Å². The fourth-order valence-corrected chi connectivity index (χ4v) is 3.50. The third kappa shape index (κ3) is 4.15. The van der Waals surface area contributed by atoms with Gasteiger partial charge in [-0.3, -0.25) is 0 Å². The lowest BCUT2D eigenvalue weighted by atomic mass is 10.0. The van der Waals surface area contributed by atoms with Crippen molar-refractivity contribution in [3.8, 4) is 6.07 Å². The van der Waals surface area contributed by atoms with E-state index in [1.807, 2.05) is 0 Å². The van der Waals surface area contributed by atoms with Gasteiger partial charge in [0.1, 0.15) is 18.0 Å². The van der Waals surface area contributed by atoms with Crippen molar-refractivity contribution in [1.82, 2.24) is 15.0 Å². The van der Waals surface area contributed by atoms with E-state index in [0.717, 1.165) is 11.6 Å².